The third-order valence-corrected chi connectivity index (χ3v) is 11.1. The molecule has 2 fully saturated rings. The van der Waals surface area contributed by atoms with E-state index in [1.165, 1.54) is 0 Å². The van der Waals surface area contributed by atoms with Gasteiger partial charge in [0.05, 0.1) is 183 Å². The third kappa shape index (κ3) is 36.3. The van der Waals surface area contributed by atoms with Gasteiger partial charge in [0.2, 0.25) is 5.91 Å². The molecule has 5 N–H and O–H groups in total. The van der Waals surface area contributed by atoms with Gasteiger partial charge in [-0.2, -0.15) is 11.8 Å². The predicted molar refractivity (Wildman–Crippen MR) is 238 cm³/mol. The van der Waals surface area contributed by atoms with E-state index in [4.69, 9.17) is 67.1 Å². The number of carbonyl (C=O) groups is 4. The molecule has 0 aliphatic carbocycles. The van der Waals surface area contributed by atoms with Crippen molar-refractivity contribution in [2.24, 2.45) is 0 Å². The molecule has 0 spiro atoms. The zero-order chi connectivity index (χ0) is 46.7. The van der Waals surface area contributed by atoms with Gasteiger partial charge >= 0.3 is 18.0 Å². The van der Waals surface area contributed by atoms with Gasteiger partial charge in [0.15, 0.2) is 0 Å². The highest BCUT2D eigenvalue weighted by atomic mass is 32.2. The van der Waals surface area contributed by atoms with E-state index in [0.717, 1.165) is 25.0 Å². The van der Waals surface area contributed by atoms with Crippen molar-refractivity contribution in [1.29, 1.82) is 0 Å². The lowest BCUT2D eigenvalue weighted by molar-refractivity contribution is -0.139. The topological polar surface area (TPSA) is 259 Å². The number of unbranched alkanes of at least 4 members (excludes halogenated alkanes) is 1. The van der Waals surface area contributed by atoms with Gasteiger partial charge in [0, 0.05) is 43.6 Å². The Morgan fingerprint density at radius 3 is 1.28 bits per heavy atom. The largest absolute Gasteiger partial charge is 0.481 e. The summed E-state index contributed by atoms with van der Waals surface area (Å²) < 4.78 is 66.3. The van der Waals surface area contributed by atoms with E-state index < -0.39 is 11.9 Å². The van der Waals surface area contributed by atoms with Crippen LogP contribution in [0.15, 0.2) is 0 Å². The molecule has 0 aromatic rings. The number of carboxylic acid groups (broad SMARTS) is 2. The van der Waals surface area contributed by atoms with E-state index in [0.29, 0.717) is 183 Å². The highest BCUT2D eigenvalue weighted by Gasteiger charge is 2.42. The van der Waals surface area contributed by atoms with Crippen LogP contribution in [-0.4, -0.2) is 247 Å². The Hall–Kier alpha value is -2.49. The Bertz CT molecular complexity index is 1140. The molecular weight excluding hydrogens is 881 g/mol. The molecule has 3 amide bonds. The molecule has 0 aromatic carbocycles. The minimum Gasteiger partial charge on any atom is -0.481 e. The van der Waals surface area contributed by atoms with Gasteiger partial charge in [0.1, 0.15) is 0 Å². The molecule has 65 heavy (non-hydrogen) atoms. The summed E-state index contributed by atoms with van der Waals surface area (Å²) in [5.41, 5.74) is 0. The highest BCUT2D eigenvalue weighted by Crippen LogP contribution is 2.33. The first-order valence-corrected chi connectivity index (χ1v) is 23.9. The van der Waals surface area contributed by atoms with Crippen LogP contribution in [0, 0.1) is 0 Å². The fraction of sp³-hybridized carbons (Fsp3) is 0.905. The molecule has 0 saturated carbocycles. The quantitative estimate of drug-likeness (QED) is 0.0405. The molecule has 3 atom stereocenters. The summed E-state index contributed by atoms with van der Waals surface area (Å²) in [6.45, 7) is 12.3. The molecule has 0 aromatic heterocycles. The lowest BCUT2D eigenvalue weighted by Crippen LogP contribution is -2.36. The average molecular weight is 959 g/mol. The molecule has 22 nitrogen and oxygen atoms in total. The van der Waals surface area contributed by atoms with Crippen molar-refractivity contribution < 1.29 is 86.2 Å². The van der Waals surface area contributed by atoms with Crippen molar-refractivity contribution in [3.8, 4) is 0 Å². The molecule has 23 heteroatoms. The van der Waals surface area contributed by atoms with E-state index >= 15 is 0 Å². The molecule has 0 bridgehead atoms. The van der Waals surface area contributed by atoms with Crippen LogP contribution in [0.5, 0.6) is 0 Å². The van der Waals surface area contributed by atoms with Crippen LogP contribution in [0.4, 0.5) is 4.79 Å². The van der Waals surface area contributed by atoms with Crippen molar-refractivity contribution in [1.82, 2.24) is 20.9 Å². The van der Waals surface area contributed by atoms with Crippen LogP contribution in [-0.2, 0) is 71.2 Å². The number of hydrogen-bond donors (Lipinski definition) is 5. The maximum atomic E-state index is 12.1. The standard InChI is InChI=1S/C42H78N4O18S/c47-38(4-2-1-3-37-41-36(35-65-37)44-42(52)45-41)43-7-13-55-19-25-61-31-34-64-28-22-58-16-10-46(8-14-56-20-26-62-32-29-59-23-17-53-11-5-39(48)49)9-15-57-21-27-63-33-30-60-24-18-54-12-6-40(50)51/h36-37,41H,1-35H2,(H,43,47)(H,48,49)(H,50,51)(H2,44,45,52). The SMILES string of the molecule is O=C(O)CCOCCOCCOCCOCCN(CCOCCOCCOCCOCCNC(=O)CCCCC1SCC2NC(=O)NC21)CCOCCOCCOCCOCCC(=O)O. The highest BCUT2D eigenvalue weighted by molar-refractivity contribution is 8.00. The van der Waals surface area contributed by atoms with Crippen molar-refractivity contribution in [3.05, 3.63) is 0 Å². The number of nitrogens with zero attached hydrogens (tertiary/aromatic N) is 1. The zero-order valence-electron chi connectivity index (χ0n) is 38.3. The lowest BCUT2D eigenvalue weighted by Gasteiger charge is -2.22. The second kappa shape index (κ2) is 42.8. The number of ether oxygens (including phenoxy) is 12. The third-order valence-electron chi connectivity index (χ3n) is 9.57. The lowest BCUT2D eigenvalue weighted by atomic mass is 10.0. The number of hydrogen-bond acceptors (Lipinski definition) is 18. The fourth-order valence-corrected chi connectivity index (χ4v) is 7.69. The van der Waals surface area contributed by atoms with Gasteiger partial charge in [-0.3, -0.25) is 19.3 Å². The van der Waals surface area contributed by atoms with Gasteiger partial charge in [-0.05, 0) is 12.8 Å². The van der Waals surface area contributed by atoms with Crippen molar-refractivity contribution in [2.45, 2.75) is 55.9 Å². The Balaban J connectivity index is 1.41. The van der Waals surface area contributed by atoms with Gasteiger partial charge < -0.3 is 83.0 Å². The minimum atomic E-state index is -0.892. The van der Waals surface area contributed by atoms with Gasteiger partial charge in [-0.25, -0.2) is 4.79 Å². The van der Waals surface area contributed by atoms with E-state index in [9.17, 15) is 19.2 Å². The maximum Gasteiger partial charge on any atom is 0.315 e. The van der Waals surface area contributed by atoms with E-state index in [-0.39, 0.29) is 50.1 Å². The summed E-state index contributed by atoms with van der Waals surface area (Å²) in [4.78, 5) is 46.8. The number of thioether (sulfide) groups is 1. The summed E-state index contributed by atoms with van der Waals surface area (Å²) in [7, 11) is 0. The molecule has 2 aliphatic heterocycles. The number of urea groups is 1. The van der Waals surface area contributed by atoms with Gasteiger partial charge in [-0.15, -0.1) is 0 Å². The number of fused-ring (bicyclic) bond motifs is 1. The van der Waals surface area contributed by atoms with Crippen LogP contribution < -0.4 is 16.0 Å². The summed E-state index contributed by atoms with van der Waals surface area (Å²) in [5, 5.41) is 26.5. The van der Waals surface area contributed by atoms with Gasteiger partial charge in [0.25, 0.3) is 0 Å². The van der Waals surface area contributed by atoms with E-state index in [2.05, 4.69) is 20.9 Å². The van der Waals surface area contributed by atoms with Crippen LogP contribution >= 0.6 is 11.8 Å². The van der Waals surface area contributed by atoms with E-state index in [1.54, 1.807) is 0 Å². The number of carboxylic acids is 2. The van der Waals surface area contributed by atoms with Crippen LogP contribution in [0.1, 0.15) is 38.5 Å². The predicted octanol–water partition coefficient (Wildman–Crippen LogP) is 0.279. The van der Waals surface area contributed by atoms with Crippen molar-refractivity contribution in [2.75, 3.05) is 190 Å². The van der Waals surface area contributed by atoms with Crippen LogP contribution in [0.25, 0.3) is 0 Å². The molecule has 2 heterocycles. The Kier molecular flexibility index (Phi) is 38.6. The molecular formula is C42H78N4O18S. The van der Waals surface area contributed by atoms with Crippen LogP contribution in [0.3, 0.4) is 0 Å². The Labute approximate surface area is 388 Å². The normalized spacial score (nSPS) is 16.8. The average Bonchev–Trinajstić information content (AvgIpc) is 3.84. The summed E-state index contributed by atoms with van der Waals surface area (Å²) in [6.07, 6.45) is 3.21. The molecule has 380 valence electrons. The maximum absolute atomic E-state index is 12.1. The fourth-order valence-electron chi connectivity index (χ4n) is 6.15. The number of rotatable bonds is 50. The summed E-state index contributed by atoms with van der Waals surface area (Å²) in [6, 6.07) is 0.360. The first-order valence-electron chi connectivity index (χ1n) is 22.9. The summed E-state index contributed by atoms with van der Waals surface area (Å²) >= 11 is 1.89. The molecule has 0 radical (unpaired) electrons. The number of aliphatic carboxylic acids is 2. The second-order valence-corrected chi connectivity index (χ2v) is 16.0. The molecule has 2 saturated heterocycles. The molecule has 2 rings (SSSR count). The number of amides is 3. The van der Waals surface area contributed by atoms with Crippen molar-refractivity contribution in [3.63, 3.8) is 0 Å². The second-order valence-electron chi connectivity index (χ2n) is 14.7. The zero-order valence-corrected chi connectivity index (χ0v) is 39.1. The Morgan fingerprint density at radius 1 is 0.508 bits per heavy atom. The van der Waals surface area contributed by atoms with Crippen molar-refractivity contribution >= 4 is 35.6 Å². The monoisotopic (exact) mass is 959 g/mol. The number of nitrogens with one attached hydrogen (secondary N) is 3. The molecule has 3 unspecified atom stereocenters. The van der Waals surface area contributed by atoms with E-state index in [1.807, 2.05) is 11.8 Å². The molecule has 2 aliphatic rings. The summed E-state index contributed by atoms with van der Waals surface area (Å²) in [5.74, 6) is -0.814. The first-order chi connectivity index (χ1) is 31.8. The first kappa shape index (κ1) is 58.6. The minimum absolute atomic E-state index is 0.0252. The number of carbonyl (C=O) groups excluding carboxylic acids is 2. The van der Waals surface area contributed by atoms with Crippen LogP contribution in [0.2, 0.25) is 0 Å². The Morgan fingerprint density at radius 2 is 0.877 bits per heavy atom. The van der Waals surface area contributed by atoms with Gasteiger partial charge in [-0.1, -0.05) is 6.42 Å². The smallest absolute Gasteiger partial charge is 0.315 e.